The zero-order chi connectivity index (χ0) is 20.5. The summed E-state index contributed by atoms with van der Waals surface area (Å²) in [6, 6.07) is 14.2. The summed E-state index contributed by atoms with van der Waals surface area (Å²) < 4.78 is 12.8. The number of methoxy groups -OCH3 is 1. The van der Waals surface area contributed by atoms with Crippen molar-refractivity contribution in [2.75, 3.05) is 20.3 Å². The Hall–Kier alpha value is -2.90. The Kier molecular flexibility index (Phi) is 5.14. The maximum Gasteiger partial charge on any atom is 0.227 e. The standard InChI is InChI=1S/C23H20N2O3S2/c1-27-19-12-16(23-24-18-4-2-3-5-20(18)30-23)11-17-13-25(7-8-28-22(17)19)21(26)10-15-6-9-29-14-15/h2-6,9,11-12,14H,7-8,10,13H2,1H3. The van der Waals surface area contributed by atoms with E-state index in [-0.39, 0.29) is 5.91 Å². The Bertz CT molecular complexity index is 1170. The van der Waals surface area contributed by atoms with Gasteiger partial charge in [-0.05, 0) is 46.7 Å². The molecule has 7 heteroatoms. The molecule has 0 fully saturated rings. The van der Waals surface area contributed by atoms with Gasteiger partial charge in [-0.25, -0.2) is 4.98 Å². The first kappa shape index (κ1) is 19.1. The number of fused-ring (bicyclic) bond motifs is 2. The molecule has 0 N–H and O–H groups in total. The van der Waals surface area contributed by atoms with Crippen LogP contribution in [0.5, 0.6) is 11.5 Å². The van der Waals surface area contributed by atoms with Gasteiger partial charge in [-0.1, -0.05) is 12.1 Å². The summed E-state index contributed by atoms with van der Waals surface area (Å²) in [6.45, 7) is 1.49. The number of aromatic nitrogens is 1. The second kappa shape index (κ2) is 8.08. The molecule has 0 unspecified atom stereocenters. The second-order valence-electron chi connectivity index (χ2n) is 7.13. The molecule has 2 aromatic carbocycles. The maximum absolute atomic E-state index is 12.9. The quantitative estimate of drug-likeness (QED) is 0.452. The van der Waals surface area contributed by atoms with Crippen LogP contribution in [0, 0.1) is 0 Å². The number of rotatable bonds is 4. The molecule has 5 rings (SSSR count). The van der Waals surface area contributed by atoms with Gasteiger partial charge in [-0.15, -0.1) is 11.3 Å². The van der Waals surface area contributed by atoms with Crippen LogP contribution < -0.4 is 9.47 Å². The minimum absolute atomic E-state index is 0.106. The van der Waals surface area contributed by atoms with Crippen molar-refractivity contribution >= 4 is 38.8 Å². The monoisotopic (exact) mass is 436 g/mol. The van der Waals surface area contributed by atoms with Crippen molar-refractivity contribution in [3.05, 3.63) is 64.4 Å². The van der Waals surface area contributed by atoms with E-state index < -0.39 is 0 Å². The number of para-hydroxylation sites is 1. The lowest BCUT2D eigenvalue weighted by Crippen LogP contribution is -2.33. The van der Waals surface area contributed by atoms with Crippen molar-refractivity contribution < 1.29 is 14.3 Å². The van der Waals surface area contributed by atoms with E-state index in [1.165, 1.54) is 0 Å². The first-order chi connectivity index (χ1) is 14.7. The first-order valence-electron chi connectivity index (χ1n) is 9.70. The van der Waals surface area contributed by atoms with Crippen molar-refractivity contribution in [2.24, 2.45) is 0 Å². The summed E-state index contributed by atoms with van der Waals surface area (Å²) in [4.78, 5) is 19.5. The number of benzene rings is 2. The van der Waals surface area contributed by atoms with Gasteiger partial charge in [-0.3, -0.25) is 4.79 Å². The lowest BCUT2D eigenvalue weighted by molar-refractivity contribution is -0.131. The molecule has 0 atom stereocenters. The van der Waals surface area contributed by atoms with Crippen LogP contribution in [0.4, 0.5) is 0 Å². The molecule has 3 heterocycles. The largest absolute Gasteiger partial charge is 0.493 e. The number of carbonyl (C=O) groups is 1. The van der Waals surface area contributed by atoms with E-state index in [4.69, 9.17) is 14.5 Å². The first-order valence-corrected chi connectivity index (χ1v) is 11.5. The molecule has 0 radical (unpaired) electrons. The van der Waals surface area contributed by atoms with Crippen molar-refractivity contribution in [3.8, 4) is 22.1 Å². The fraction of sp³-hybridized carbons (Fsp3) is 0.217. The summed E-state index contributed by atoms with van der Waals surface area (Å²) in [5, 5.41) is 4.95. The van der Waals surface area contributed by atoms with Gasteiger partial charge in [0.05, 0.1) is 30.3 Å². The number of thiazole rings is 1. The van der Waals surface area contributed by atoms with Gasteiger partial charge in [0.15, 0.2) is 11.5 Å². The Morgan fingerprint density at radius 2 is 2.17 bits per heavy atom. The number of thiophene rings is 1. The van der Waals surface area contributed by atoms with Gasteiger partial charge in [0.25, 0.3) is 0 Å². The normalized spacial score (nSPS) is 13.6. The molecular formula is C23H20N2O3S2. The predicted octanol–water partition coefficient (Wildman–Crippen LogP) is 5.00. The van der Waals surface area contributed by atoms with Gasteiger partial charge in [-0.2, -0.15) is 11.3 Å². The molecule has 0 saturated carbocycles. The molecule has 4 aromatic rings. The SMILES string of the molecule is COc1cc(-c2nc3ccccc3s2)cc2c1OCCN(C(=O)Cc1ccsc1)C2. The zero-order valence-corrected chi connectivity index (χ0v) is 18.1. The Labute approximate surface area is 182 Å². The minimum atomic E-state index is 0.106. The van der Waals surface area contributed by atoms with Crippen LogP contribution in [0.25, 0.3) is 20.8 Å². The highest BCUT2D eigenvalue weighted by atomic mass is 32.1. The highest BCUT2D eigenvalue weighted by Crippen LogP contribution is 2.40. The van der Waals surface area contributed by atoms with Gasteiger partial charge in [0.1, 0.15) is 11.6 Å². The second-order valence-corrected chi connectivity index (χ2v) is 8.94. The summed E-state index contributed by atoms with van der Waals surface area (Å²) in [5.41, 5.74) is 3.95. The summed E-state index contributed by atoms with van der Waals surface area (Å²) in [6.07, 6.45) is 0.410. The van der Waals surface area contributed by atoms with Crippen LogP contribution in [-0.2, 0) is 17.8 Å². The molecule has 1 aliphatic heterocycles. The lowest BCUT2D eigenvalue weighted by Gasteiger charge is -2.20. The summed E-state index contributed by atoms with van der Waals surface area (Å²) in [5.74, 6) is 1.50. The molecule has 152 valence electrons. The van der Waals surface area contributed by atoms with Gasteiger partial charge >= 0.3 is 0 Å². The molecule has 1 aliphatic rings. The molecule has 1 amide bonds. The van der Waals surface area contributed by atoms with E-state index in [0.29, 0.717) is 37.6 Å². The minimum Gasteiger partial charge on any atom is -0.493 e. The van der Waals surface area contributed by atoms with Gasteiger partial charge in [0, 0.05) is 17.7 Å². The van der Waals surface area contributed by atoms with Crippen LogP contribution in [-0.4, -0.2) is 36.1 Å². The zero-order valence-electron chi connectivity index (χ0n) is 16.5. The van der Waals surface area contributed by atoms with Gasteiger partial charge < -0.3 is 14.4 Å². The third-order valence-corrected chi connectivity index (χ3v) is 6.97. The summed E-state index contributed by atoms with van der Waals surface area (Å²) in [7, 11) is 1.64. The average molecular weight is 437 g/mol. The predicted molar refractivity (Wildman–Crippen MR) is 121 cm³/mol. The molecule has 30 heavy (non-hydrogen) atoms. The van der Waals surface area contributed by atoms with Crippen molar-refractivity contribution in [2.45, 2.75) is 13.0 Å². The molecule has 0 bridgehead atoms. The average Bonchev–Trinajstić information content (AvgIpc) is 3.37. The number of carbonyl (C=O) groups excluding carboxylic acids is 1. The van der Waals surface area contributed by atoms with E-state index in [1.54, 1.807) is 29.8 Å². The number of ether oxygens (including phenoxy) is 2. The van der Waals surface area contributed by atoms with Crippen LogP contribution >= 0.6 is 22.7 Å². The topological polar surface area (TPSA) is 51.7 Å². The Balaban J connectivity index is 1.49. The Morgan fingerprint density at radius 3 is 2.97 bits per heavy atom. The van der Waals surface area contributed by atoms with Crippen molar-refractivity contribution in [3.63, 3.8) is 0 Å². The highest BCUT2D eigenvalue weighted by molar-refractivity contribution is 7.21. The number of hydrogen-bond acceptors (Lipinski definition) is 6. The number of hydrogen-bond donors (Lipinski definition) is 0. The third kappa shape index (κ3) is 3.66. The van der Waals surface area contributed by atoms with E-state index in [1.807, 2.05) is 46.0 Å². The lowest BCUT2D eigenvalue weighted by atomic mass is 10.1. The van der Waals surface area contributed by atoms with Crippen LogP contribution in [0.1, 0.15) is 11.1 Å². The fourth-order valence-corrected chi connectivity index (χ4v) is 5.27. The molecule has 0 aliphatic carbocycles. The van der Waals surface area contributed by atoms with E-state index in [9.17, 15) is 4.79 Å². The van der Waals surface area contributed by atoms with E-state index >= 15 is 0 Å². The Morgan fingerprint density at radius 1 is 1.27 bits per heavy atom. The van der Waals surface area contributed by atoms with E-state index in [0.717, 1.165) is 31.9 Å². The fourth-order valence-electron chi connectivity index (χ4n) is 3.65. The van der Waals surface area contributed by atoms with E-state index in [2.05, 4.69) is 12.1 Å². The van der Waals surface area contributed by atoms with Crippen LogP contribution in [0.3, 0.4) is 0 Å². The van der Waals surface area contributed by atoms with Crippen molar-refractivity contribution in [1.82, 2.24) is 9.88 Å². The van der Waals surface area contributed by atoms with Gasteiger partial charge in [0.2, 0.25) is 5.91 Å². The van der Waals surface area contributed by atoms with Crippen molar-refractivity contribution in [1.29, 1.82) is 0 Å². The third-order valence-electron chi connectivity index (χ3n) is 5.15. The number of nitrogens with zero attached hydrogens (tertiary/aromatic N) is 2. The molecular weight excluding hydrogens is 416 g/mol. The smallest absolute Gasteiger partial charge is 0.227 e. The van der Waals surface area contributed by atoms with Crippen LogP contribution in [0.15, 0.2) is 53.2 Å². The maximum atomic E-state index is 12.9. The molecule has 5 nitrogen and oxygen atoms in total. The molecule has 0 saturated heterocycles. The molecule has 0 spiro atoms. The molecule has 2 aromatic heterocycles. The number of amides is 1. The van der Waals surface area contributed by atoms with Crippen LogP contribution in [0.2, 0.25) is 0 Å². The highest BCUT2D eigenvalue weighted by Gasteiger charge is 2.24. The summed E-state index contributed by atoms with van der Waals surface area (Å²) >= 11 is 3.26.